The van der Waals surface area contributed by atoms with E-state index in [2.05, 4.69) is 20.3 Å². The lowest BCUT2D eigenvalue weighted by Crippen LogP contribution is -2.14. The summed E-state index contributed by atoms with van der Waals surface area (Å²) in [6.07, 6.45) is 3.37. The third kappa shape index (κ3) is 1.94. The Morgan fingerprint density at radius 1 is 1.43 bits per heavy atom. The minimum atomic E-state index is 0. The van der Waals surface area contributed by atoms with E-state index < -0.39 is 0 Å². The number of nitrogens with two attached hydrogens (primary N) is 1. The topological polar surface area (TPSA) is 79.6 Å². The van der Waals surface area contributed by atoms with Crippen molar-refractivity contribution in [2.24, 2.45) is 5.73 Å². The Morgan fingerprint density at radius 3 is 3.07 bits per heavy atom. The van der Waals surface area contributed by atoms with E-state index >= 15 is 0 Å². The quantitative estimate of drug-likeness (QED) is 0.703. The van der Waals surface area contributed by atoms with Crippen molar-refractivity contribution in [3.8, 4) is 0 Å². The van der Waals surface area contributed by atoms with Crippen LogP contribution in [-0.2, 0) is 0 Å². The van der Waals surface area contributed by atoms with Crippen molar-refractivity contribution in [3.05, 3.63) is 18.6 Å². The molecule has 2 aromatic heterocycles. The highest BCUT2D eigenvalue weighted by Crippen LogP contribution is 2.16. The molecule has 4 N–H and O–H groups in total. The molecule has 0 atom stereocenters. The molecule has 2 aromatic rings. The number of nitrogens with zero attached hydrogens (tertiary/aromatic N) is 2. The third-order valence-electron chi connectivity index (χ3n) is 1.79. The maximum absolute atomic E-state index is 5.38. The summed E-state index contributed by atoms with van der Waals surface area (Å²) in [5.41, 5.74) is 6.22. The highest BCUT2D eigenvalue weighted by molar-refractivity contribution is 5.86. The molecule has 0 aliphatic carbocycles. The summed E-state index contributed by atoms with van der Waals surface area (Å²) in [7, 11) is 0. The van der Waals surface area contributed by atoms with E-state index in [1.165, 1.54) is 6.33 Å². The zero-order valence-electron chi connectivity index (χ0n) is 7.53. The number of halogens is 1. The zero-order chi connectivity index (χ0) is 9.10. The molecule has 0 aromatic carbocycles. The molecule has 2 heterocycles. The molecule has 2 rings (SSSR count). The number of hydrogen-bond donors (Lipinski definition) is 3. The third-order valence-corrected chi connectivity index (χ3v) is 1.79. The van der Waals surface area contributed by atoms with Crippen molar-refractivity contribution in [1.29, 1.82) is 0 Å². The number of aromatic amines is 1. The predicted octanol–water partition coefficient (Wildman–Crippen LogP) is 0.750. The van der Waals surface area contributed by atoms with Crippen molar-refractivity contribution >= 4 is 29.3 Å². The summed E-state index contributed by atoms with van der Waals surface area (Å²) < 4.78 is 0. The summed E-state index contributed by atoms with van der Waals surface area (Å²) >= 11 is 0. The molecule has 0 aliphatic heterocycles. The first kappa shape index (κ1) is 10.7. The highest BCUT2D eigenvalue weighted by atomic mass is 35.5. The Balaban J connectivity index is 0.000000980. The van der Waals surface area contributed by atoms with Crippen LogP contribution in [0, 0.1) is 0 Å². The fourth-order valence-corrected chi connectivity index (χ4v) is 1.20. The molecule has 0 saturated heterocycles. The van der Waals surface area contributed by atoms with E-state index in [1.54, 1.807) is 0 Å². The van der Waals surface area contributed by atoms with Crippen LogP contribution in [0.15, 0.2) is 18.6 Å². The first-order chi connectivity index (χ1) is 6.42. The van der Waals surface area contributed by atoms with Crippen LogP contribution >= 0.6 is 12.4 Å². The molecule has 0 bridgehead atoms. The fraction of sp³-hybridized carbons (Fsp3) is 0.250. The second-order valence-corrected chi connectivity index (χ2v) is 2.68. The predicted molar refractivity (Wildman–Crippen MR) is 58.7 cm³/mol. The van der Waals surface area contributed by atoms with Crippen molar-refractivity contribution in [2.75, 3.05) is 18.4 Å². The Bertz CT molecular complexity index is 399. The van der Waals surface area contributed by atoms with Crippen LogP contribution in [0.3, 0.4) is 0 Å². The zero-order valence-corrected chi connectivity index (χ0v) is 8.34. The van der Waals surface area contributed by atoms with Gasteiger partial charge >= 0.3 is 0 Å². The van der Waals surface area contributed by atoms with Crippen molar-refractivity contribution in [1.82, 2.24) is 15.0 Å². The Morgan fingerprint density at radius 2 is 2.29 bits per heavy atom. The molecule has 0 saturated carbocycles. The monoisotopic (exact) mass is 213 g/mol. The van der Waals surface area contributed by atoms with Gasteiger partial charge in [-0.05, 0) is 6.07 Å². The lowest BCUT2D eigenvalue weighted by molar-refractivity contribution is 1.01. The second-order valence-electron chi connectivity index (χ2n) is 2.68. The van der Waals surface area contributed by atoms with E-state index in [4.69, 9.17) is 5.73 Å². The number of aromatic nitrogens is 3. The summed E-state index contributed by atoms with van der Waals surface area (Å²) in [5, 5.41) is 4.12. The van der Waals surface area contributed by atoms with Crippen LogP contribution in [0.2, 0.25) is 0 Å². The van der Waals surface area contributed by atoms with Gasteiger partial charge in [0, 0.05) is 19.3 Å². The van der Waals surface area contributed by atoms with Gasteiger partial charge in [0.15, 0.2) is 0 Å². The van der Waals surface area contributed by atoms with Crippen LogP contribution < -0.4 is 11.1 Å². The molecule has 5 nitrogen and oxygen atoms in total. The maximum Gasteiger partial charge on any atom is 0.142 e. The maximum atomic E-state index is 5.38. The Hall–Kier alpha value is -1.33. The van der Waals surface area contributed by atoms with Crippen LogP contribution in [0.4, 0.5) is 5.82 Å². The van der Waals surface area contributed by atoms with Gasteiger partial charge in [-0.3, -0.25) is 0 Å². The summed E-state index contributed by atoms with van der Waals surface area (Å²) in [6.45, 7) is 1.31. The number of H-pyrrole nitrogens is 1. The van der Waals surface area contributed by atoms with E-state index in [0.717, 1.165) is 23.4 Å². The van der Waals surface area contributed by atoms with Crippen molar-refractivity contribution in [2.45, 2.75) is 0 Å². The van der Waals surface area contributed by atoms with Gasteiger partial charge in [-0.2, -0.15) is 0 Å². The van der Waals surface area contributed by atoms with Crippen molar-refractivity contribution in [3.63, 3.8) is 0 Å². The number of nitrogens with one attached hydrogen (secondary N) is 2. The molecule has 14 heavy (non-hydrogen) atoms. The van der Waals surface area contributed by atoms with Gasteiger partial charge < -0.3 is 16.0 Å². The lowest BCUT2D eigenvalue weighted by atomic mass is 10.4. The van der Waals surface area contributed by atoms with Crippen LogP contribution in [-0.4, -0.2) is 28.0 Å². The van der Waals surface area contributed by atoms with E-state index in [0.29, 0.717) is 6.54 Å². The normalized spacial score (nSPS) is 9.79. The standard InChI is InChI=1S/C8H11N5.ClH/c9-2-4-11-8-6-1-3-10-7(6)12-5-13-8;/h1,3,5H,2,4,9H2,(H2,10,11,12,13);1H. The molecule has 0 aliphatic rings. The first-order valence-corrected chi connectivity index (χ1v) is 4.14. The van der Waals surface area contributed by atoms with Crippen LogP contribution in [0.1, 0.15) is 0 Å². The Kier molecular flexibility index (Phi) is 3.67. The summed E-state index contributed by atoms with van der Waals surface area (Å²) in [4.78, 5) is 11.2. The number of anilines is 1. The molecule has 0 radical (unpaired) electrons. The second kappa shape index (κ2) is 4.78. The smallest absolute Gasteiger partial charge is 0.142 e. The van der Waals surface area contributed by atoms with Gasteiger partial charge in [0.25, 0.3) is 0 Å². The summed E-state index contributed by atoms with van der Waals surface area (Å²) in [5.74, 6) is 0.830. The molecule has 76 valence electrons. The minimum Gasteiger partial charge on any atom is -0.368 e. The minimum absolute atomic E-state index is 0. The Labute approximate surface area is 87.5 Å². The molecular weight excluding hydrogens is 202 g/mol. The number of rotatable bonds is 3. The molecule has 0 spiro atoms. The average Bonchev–Trinajstić information content (AvgIpc) is 2.62. The molecule has 0 unspecified atom stereocenters. The highest BCUT2D eigenvalue weighted by Gasteiger charge is 2.01. The lowest BCUT2D eigenvalue weighted by Gasteiger charge is -2.03. The van der Waals surface area contributed by atoms with Gasteiger partial charge in [-0.25, -0.2) is 9.97 Å². The first-order valence-electron chi connectivity index (χ1n) is 4.14. The van der Waals surface area contributed by atoms with E-state index in [1.807, 2.05) is 12.3 Å². The van der Waals surface area contributed by atoms with Gasteiger partial charge in [0.2, 0.25) is 0 Å². The largest absolute Gasteiger partial charge is 0.368 e. The number of fused-ring (bicyclic) bond motifs is 1. The fourth-order valence-electron chi connectivity index (χ4n) is 1.20. The molecule has 6 heteroatoms. The number of hydrogen-bond acceptors (Lipinski definition) is 4. The van der Waals surface area contributed by atoms with Gasteiger partial charge in [-0.15, -0.1) is 12.4 Å². The van der Waals surface area contributed by atoms with E-state index in [9.17, 15) is 0 Å². The van der Waals surface area contributed by atoms with Crippen molar-refractivity contribution < 1.29 is 0 Å². The molecule has 0 amide bonds. The van der Waals surface area contributed by atoms with Gasteiger partial charge in [0.05, 0.1) is 5.39 Å². The van der Waals surface area contributed by atoms with Gasteiger partial charge in [-0.1, -0.05) is 0 Å². The SMILES string of the molecule is Cl.NCCNc1ncnc2[nH]ccc12. The molecular formula is C8H12ClN5. The summed E-state index contributed by atoms with van der Waals surface area (Å²) in [6, 6.07) is 1.94. The van der Waals surface area contributed by atoms with Gasteiger partial charge in [0.1, 0.15) is 17.8 Å². The average molecular weight is 214 g/mol. The van der Waals surface area contributed by atoms with Crippen LogP contribution in [0.25, 0.3) is 11.0 Å². The molecule has 0 fully saturated rings. The van der Waals surface area contributed by atoms with Crippen LogP contribution in [0.5, 0.6) is 0 Å². The van der Waals surface area contributed by atoms with E-state index in [-0.39, 0.29) is 12.4 Å².